The van der Waals surface area contributed by atoms with Crippen molar-refractivity contribution in [3.05, 3.63) is 18.0 Å². The van der Waals surface area contributed by atoms with Gasteiger partial charge in [-0.2, -0.15) is 5.10 Å². The number of nitrogens with one attached hydrogen (secondary N) is 1. The molecule has 0 radical (unpaired) electrons. The van der Waals surface area contributed by atoms with Crippen LogP contribution < -0.4 is 5.32 Å². The van der Waals surface area contributed by atoms with E-state index in [1.807, 2.05) is 14.0 Å². The van der Waals surface area contributed by atoms with E-state index in [2.05, 4.69) is 27.4 Å². The summed E-state index contributed by atoms with van der Waals surface area (Å²) in [6.45, 7) is 2.72. The van der Waals surface area contributed by atoms with Crippen LogP contribution in [0.5, 0.6) is 0 Å². The molecule has 0 spiro atoms. The predicted molar refractivity (Wildman–Crippen MR) is 77.2 cm³/mol. The van der Waals surface area contributed by atoms with Crippen molar-refractivity contribution in [3.8, 4) is 0 Å². The zero-order valence-corrected chi connectivity index (χ0v) is 12.2. The molecule has 1 atom stereocenters. The van der Waals surface area contributed by atoms with Crippen molar-refractivity contribution in [2.75, 3.05) is 13.6 Å². The van der Waals surface area contributed by atoms with Crippen molar-refractivity contribution >= 4 is 0 Å². The molecule has 1 aliphatic carbocycles. The van der Waals surface area contributed by atoms with E-state index in [0.717, 1.165) is 18.7 Å². The molecule has 19 heavy (non-hydrogen) atoms. The fourth-order valence-electron chi connectivity index (χ4n) is 2.89. The highest BCUT2D eigenvalue weighted by atomic mass is 16.3. The normalized spacial score (nSPS) is 20.4. The molecule has 1 fully saturated rings. The molecule has 0 aromatic carbocycles. The fraction of sp³-hybridized carbons (Fsp3) is 0.800. The Balaban J connectivity index is 1.92. The molecule has 1 aliphatic rings. The van der Waals surface area contributed by atoms with Gasteiger partial charge in [-0.25, -0.2) is 0 Å². The monoisotopic (exact) mass is 265 g/mol. The minimum absolute atomic E-state index is 0.574. The summed E-state index contributed by atoms with van der Waals surface area (Å²) in [7, 11) is 1.91. The van der Waals surface area contributed by atoms with Crippen LogP contribution in [0.1, 0.15) is 57.2 Å². The second kappa shape index (κ2) is 6.53. The molecule has 2 N–H and O–H groups in total. The van der Waals surface area contributed by atoms with Crippen LogP contribution >= 0.6 is 0 Å². The second-order valence-electron chi connectivity index (χ2n) is 6.11. The van der Waals surface area contributed by atoms with Gasteiger partial charge in [-0.15, -0.1) is 0 Å². The molecule has 1 unspecified atom stereocenters. The lowest BCUT2D eigenvalue weighted by Gasteiger charge is -2.23. The van der Waals surface area contributed by atoms with Crippen molar-refractivity contribution in [1.82, 2.24) is 15.1 Å². The number of aliphatic hydroxyl groups is 1. The first-order valence-electron chi connectivity index (χ1n) is 7.52. The lowest BCUT2D eigenvalue weighted by atomic mass is 9.96. The molecular weight excluding hydrogens is 238 g/mol. The number of hydrogen-bond acceptors (Lipinski definition) is 3. The van der Waals surface area contributed by atoms with Gasteiger partial charge in [-0.3, -0.25) is 4.68 Å². The molecule has 4 nitrogen and oxygen atoms in total. The van der Waals surface area contributed by atoms with E-state index in [0.29, 0.717) is 12.5 Å². The maximum absolute atomic E-state index is 10.3. The first-order chi connectivity index (χ1) is 9.11. The molecule has 0 bridgehead atoms. The van der Waals surface area contributed by atoms with Crippen LogP contribution in [-0.4, -0.2) is 34.1 Å². The van der Waals surface area contributed by atoms with Crippen LogP contribution in [0.4, 0.5) is 0 Å². The van der Waals surface area contributed by atoms with Crippen molar-refractivity contribution in [1.29, 1.82) is 0 Å². The van der Waals surface area contributed by atoms with Crippen LogP contribution in [0.15, 0.2) is 12.3 Å². The van der Waals surface area contributed by atoms with E-state index in [4.69, 9.17) is 0 Å². The van der Waals surface area contributed by atoms with Gasteiger partial charge in [0.25, 0.3) is 0 Å². The van der Waals surface area contributed by atoms with Crippen molar-refractivity contribution in [2.45, 2.75) is 63.5 Å². The Morgan fingerprint density at radius 3 is 2.84 bits per heavy atom. The van der Waals surface area contributed by atoms with Gasteiger partial charge >= 0.3 is 0 Å². The first-order valence-corrected chi connectivity index (χ1v) is 7.52. The van der Waals surface area contributed by atoms with Crippen molar-refractivity contribution in [3.63, 3.8) is 0 Å². The summed E-state index contributed by atoms with van der Waals surface area (Å²) in [6, 6.07) is 2.63. The lowest BCUT2D eigenvalue weighted by Crippen LogP contribution is -2.31. The summed E-state index contributed by atoms with van der Waals surface area (Å²) in [6.07, 6.45) is 9.96. The Labute approximate surface area is 116 Å². The van der Waals surface area contributed by atoms with Crippen LogP contribution in [0.3, 0.4) is 0 Å². The third kappa shape index (κ3) is 4.32. The summed E-state index contributed by atoms with van der Waals surface area (Å²) in [5, 5.41) is 18.1. The van der Waals surface area contributed by atoms with E-state index in [1.54, 1.807) is 0 Å². The van der Waals surface area contributed by atoms with Gasteiger partial charge < -0.3 is 10.4 Å². The van der Waals surface area contributed by atoms with Gasteiger partial charge in [0, 0.05) is 12.6 Å². The van der Waals surface area contributed by atoms with E-state index >= 15 is 0 Å². The Bertz CT molecular complexity index is 380. The van der Waals surface area contributed by atoms with Gasteiger partial charge in [0.2, 0.25) is 0 Å². The van der Waals surface area contributed by atoms with E-state index in [-0.39, 0.29) is 0 Å². The average molecular weight is 265 g/mol. The maximum atomic E-state index is 10.3. The molecule has 1 heterocycles. The van der Waals surface area contributed by atoms with E-state index in [1.165, 1.54) is 32.1 Å². The molecule has 0 saturated heterocycles. The van der Waals surface area contributed by atoms with Crippen LogP contribution in [0.25, 0.3) is 0 Å². The molecule has 108 valence electrons. The Hall–Kier alpha value is -0.870. The minimum Gasteiger partial charge on any atom is -0.390 e. The Morgan fingerprint density at radius 1 is 1.42 bits per heavy atom. The van der Waals surface area contributed by atoms with Gasteiger partial charge in [0.1, 0.15) is 0 Å². The molecule has 0 amide bonds. The van der Waals surface area contributed by atoms with Crippen LogP contribution in [0, 0.1) is 0 Å². The van der Waals surface area contributed by atoms with Crippen molar-refractivity contribution < 1.29 is 5.11 Å². The van der Waals surface area contributed by atoms with Gasteiger partial charge in [-0.05, 0) is 45.8 Å². The minimum atomic E-state index is -0.672. The average Bonchev–Trinajstić information content (AvgIpc) is 2.85. The van der Waals surface area contributed by atoms with Crippen molar-refractivity contribution in [2.24, 2.45) is 0 Å². The number of rotatable bonds is 6. The van der Waals surface area contributed by atoms with Gasteiger partial charge in [0.05, 0.1) is 17.3 Å². The number of hydrogen-bond donors (Lipinski definition) is 2. The fourth-order valence-corrected chi connectivity index (χ4v) is 2.89. The highest BCUT2D eigenvalue weighted by Gasteiger charge is 2.22. The molecular formula is C15H27N3O. The molecule has 0 aliphatic heterocycles. The number of aromatic nitrogens is 2. The summed E-state index contributed by atoms with van der Waals surface area (Å²) >= 11 is 0. The summed E-state index contributed by atoms with van der Waals surface area (Å²) < 4.78 is 2.11. The summed E-state index contributed by atoms with van der Waals surface area (Å²) in [5.41, 5.74) is 0.334. The standard InChI is InChI=1S/C15H27N3O/c1-15(19,9-10-16-2)12-13-8-11-18(17-13)14-6-4-3-5-7-14/h8,11,14,16,19H,3-7,9-10,12H2,1-2H3. The largest absolute Gasteiger partial charge is 0.390 e. The zero-order valence-electron chi connectivity index (χ0n) is 12.2. The summed E-state index contributed by atoms with van der Waals surface area (Å²) in [5.74, 6) is 0. The van der Waals surface area contributed by atoms with Crippen LogP contribution in [0.2, 0.25) is 0 Å². The predicted octanol–water partition coefficient (Wildman–Crippen LogP) is 2.29. The second-order valence-corrected chi connectivity index (χ2v) is 6.11. The summed E-state index contributed by atoms with van der Waals surface area (Å²) in [4.78, 5) is 0. The molecule has 1 saturated carbocycles. The highest BCUT2D eigenvalue weighted by molar-refractivity contribution is 5.04. The van der Waals surface area contributed by atoms with Gasteiger partial charge in [0.15, 0.2) is 0 Å². The zero-order chi connectivity index (χ0) is 13.7. The third-order valence-corrected chi connectivity index (χ3v) is 4.09. The molecule has 2 rings (SSSR count). The molecule has 4 heteroatoms. The first kappa shape index (κ1) is 14.5. The maximum Gasteiger partial charge on any atom is 0.0687 e. The lowest BCUT2D eigenvalue weighted by molar-refractivity contribution is 0.0508. The topological polar surface area (TPSA) is 50.1 Å². The SMILES string of the molecule is CNCCC(C)(O)Cc1ccn(C2CCCCC2)n1. The Kier molecular flexibility index (Phi) is 4.99. The molecule has 1 aromatic rings. The van der Waals surface area contributed by atoms with Gasteiger partial charge in [-0.1, -0.05) is 19.3 Å². The number of nitrogens with zero attached hydrogens (tertiary/aromatic N) is 2. The molecule has 1 aromatic heterocycles. The highest BCUT2D eigenvalue weighted by Crippen LogP contribution is 2.27. The quantitative estimate of drug-likeness (QED) is 0.829. The van der Waals surface area contributed by atoms with E-state index in [9.17, 15) is 5.11 Å². The van der Waals surface area contributed by atoms with Crippen LogP contribution in [-0.2, 0) is 6.42 Å². The smallest absolute Gasteiger partial charge is 0.0687 e. The van der Waals surface area contributed by atoms with E-state index < -0.39 is 5.60 Å². The Morgan fingerprint density at radius 2 is 2.16 bits per heavy atom. The third-order valence-electron chi connectivity index (χ3n) is 4.09.